The summed E-state index contributed by atoms with van der Waals surface area (Å²) in [6.45, 7) is 0. The molecule has 0 bridgehead atoms. The number of nitrogens with zero attached hydrogens (tertiary/aromatic N) is 1. The van der Waals surface area contributed by atoms with Gasteiger partial charge in [0.25, 0.3) is 5.91 Å². The fraction of sp³-hybridized carbons (Fsp3) is 0. The summed E-state index contributed by atoms with van der Waals surface area (Å²) in [5.41, 5.74) is 3.31. The quantitative estimate of drug-likeness (QED) is 0.569. The number of hydrogen-bond donors (Lipinski definition) is 3. The summed E-state index contributed by atoms with van der Waals surface area (Å²) in [5.74, 6) is 4.74. The molecule has 1 aromatic carbocycles. The summed E-state index contributed by atoms with van der Waals surface area (Å²) in [7, 11) is 0. The number of carbonyl (C=O) groups excluding carboxylic acids is 1. The SMILES string of the molecule is NNc1ccccc1C(=O)Nc1ccc(F)cn1. The van der Waals surface area contributed by atoms with Gasteiger partial charge in [0.15, 0.2) is 0 Å². The van der Waals surface area contributed by atoms with Crippen LogP contribution in [0, 0.1) is 5.82 Å². The number of nitrogens with two attached hydrogens (primary N) is 1. The van der Waals surface area contributed by atoms with Gasteiger partial charge >= 0.3 is 0 Å². The van der Waals surface area contributed by atoms with Gasteiger partial charge in [-0.2, -0.15) is 0 Å². The molecule has 92 valence electrons. The van der Waals surface area contributed by atoms with Gasteiger partial charge in [-0.05, 0) is 24.3 Å². The fourth-order valence-electron chi connectivity index (χ4n) is 1.44. The number of nitrogens with one attached hydrogen (secondary N) is 2. The summed E-state index contributed by atoms with van der Waals surface area (Å²) in [4.78, 5) is 15.7. The van der Waals surface area contributed by atoms with Crippen LogP contribution < -0.4 is 16.6 Å². The van der Waals surface area contributed by atoms with Gasteiger partial charge in [-0.1, -0.05) is 12.1 Å². The zero-order valence-electron chi connectivity index (χ0n) is 9.35. The number of carbonyl (C=O) groups is 1. The molecule has 0 unspecified atom stereocenters. The number of amides is 1. The molecule has 0 saturated heterocycles. The number of pyridine rings is 1. The molecule has 5 nitrogen and oxygen atoms in total. The predicted octanol–water partition coefficient (Wildman–Crippen LogP) is 1.76. The van der Waals surface area contributed by atoms with Gasteiger partial charge in [0.1, 0.15) is 11.6 Å². The summed E-state index contributed by atoms with van der Waals surface area (Å²) in [6, 6.07) is 9.36. The largest absolute Gasteiger partial charge is 0.323 e. The number of nitrogen functional groups attached to an aromatic ring is 1. The van der Waals surface area contributed by atoms with E-state index in [1.807, 2.05) is 0 Å². The maximum atomic E-state index is 12.7. The number of aromatic nitrogens is 1. The molecule has 4 N–H and O–H groups in total. The Morgan fingerprint density at radius 1 is 1.22 bits per heavy atom. The van der Waals surface area contributed by atoms with E-state index < -0.39 is 5.82 Å². The molecule has 0 spiro atoms. The molecule has 6 heteroatoms. The molecule has 18 heavy (non-hydrogen) atoms. The zero-order valence-corrected chi connectivity index (χ0v) is 9.35. The Hall–Kier alpha value is -2.47. The summed E-state index contributed by atoms with van der Waals surface area (Å²) in [6.07, 6.45) is 1.03. The van der Waals surface area contributed by atoms with Gasteiger partial charge < -0.3 is 10.7 Å². The van der Waals surface area contributed by atoms with Gasteiger partial charge in [-0.3, -0.25) is 10.6 Å². The van der Waals surface area contributed by atoms with Crippen molar-refractivity contribution >= 4 is 17.4 Å². The Labute approximate surface area is 103 Å². The van der Waals surface area contributed by atoms with Crippen molar-refractivity contribution in [1.29, 1.82) is 0 Å². The maximum Gasteiger partial charge on any atom is 0.258 e. The molecule has 2 rings (SSSR count). The number of halogens is 1. The third kappa shape index (κ3) is 2.61. The van der Waals surface area contributed by atoms with Crippen molar-refractivity contribution in [2.45, 2.75) is 0 Å². The summed E-state index contributed by atoms with van der Waals surface area (Å²) in [5, 5.41) is 2.55. The standard InChI is InChI=1S/C12H11FN4O/c13-8-5-6-11(15-7-8)16-12(18)9-3-1-2-4-10(9)17-14/h1-7,17H,14H2,(H,15,16,18). The lowest BCUT2D eigenvalue weighted by atomic mass is 10.1. The first-order valence-electron chi connectivity index (χ1n) is 5.19. The molecule has 0 fully saturated rings. The van der Waals surface area contributed by atoms with Gasteiger partial charge in [0, 0.05) is 0 Å². The average molecular weight is 246 g/mol. The smallest absolute Gasteiger partial charge is 0.258 e. The maximum absolute atomic E-state index is 12.7. The van der Waals surface area contributed by atoms with Crippen LogP contribution >= 0.6 is 0 Å². The first-order chi connectivity index (χ1) is 8.70. The molecule has 0 aliphatic carbocycles. The summed E-state index contributed by atoms with van der Waals surface area (Å²) >= 11 is 0. The highest BCUT2D eigenvalue weighted by atomic mass is 19.1. The number of anilines is 2. The van der Waals surface area contributed by atoms with Crippen LogP contribution in [0.15, 0.2) is 42.6 Å². The van der Waals surface area contributed by atoms with Crippen LogP contribution in [0.3, 0.4) is 0 Å². The van der Waals surface area contributed by atoms with E-state index in [2.05, 4.69) is 15.7 Å². The first kappa shape index (κ1) is 12.0. The normalized spacial score (nSPS) is 9.89. The highest BCUT2D eigenvalue weighted by Crippen LogP contribution is 2.15. The van der Waals surface area contributed by atoms with Crippen molar-refractivity contribution in [1.82, 2.24) is 4.98 Å². The Bertz CT molecular complexity index is 556. The van der Waals surface area contributed by atoms with E-state index in [4.69, 9.17) is 5.84 Å². The van der Waals surface area contributed by atoms with Crippen LogP contribution in [0.5, 0.6) is 0 Å². The van der Waals surface area contributed by atoms with E-state index >= 15 is 0 Å². The minimum absolute atomic E-state index is 0.272. The number of hydrazine groups is 1. The Balaban J connectivity index is 2.19. The van der Waals surface area contributed by atoms with Crippen molar-refractivity contribution in [3.8, 4) is 0 Å². The number of benzene rings is 1. The van der Waals surface area contributed by atoms with Crippen molar-refractivity contribution in [2.75, 3.05) is 10.7 Å². The molecule has 0 atom stereocenters. The Morgan fingerprint density at radius 3 is 2.67 bits per heavy atom. The van der Waals surface area contributed by atoms with Gasteiger partial charge in [0.05, 0.1) is 17.4 Å². The minimum Gasteiger partial charge on any atom is -0.323 e. The van der Waals surface area contributed by atoms with E-state index in [9.17, 15) is 9.18 Å². The number of rotatable bonds is 3. The molecule has 0 radical (unpaired) electrons. The second-order valence-corrected chi connectivity index (χ2v) is 3.51. The van der Waals surface area contributed by atoms with E-state index in [-0.39, 0.29) is 11.7 Å². The monoisotopic (exact) mass is 246 g/mol. The molecule has 1 amide bonds. The van der Waals surface area contributed by atoms with E-state index in [1.165, 1.54) is 12.1 Å². The summed E-state index contributed by atoms with van der Waals surface area (Å²) < 4.78 is 12.7. The van der Waals surface area contributed by atoms with Crippen LogP contribution in [-0.2, 0) is 0 Å². The molecular weight excluding hydrogens is 235 g/mol. The molecule has 0 saturated carbocycles. The van der Waals surface area contributed by atoms with Crippen molar-refractivity contribution in [3.63, 3.8) is 0 Å². The third-order valence-corrected chi connectivity index (χ3v) is 2.30. The molecule has 1 heterocycles. The second kappa shape index (κ2) is 5.24. The zero-order chi connectivity index (χ0) is 13.0. The minimum atomic E-state index is -0.461. The van der Waals surface area contributed by atoms with E-state index in [0.717, 1.165) is 6.20 Å². The molecule has 0 aliphatic rings. The molecule has 0 aliphatic heterocycles. The predicted molar refractivity (Wildman–Crippen MR) is 66.4 cm³/mol. The Kier molecular flexibility index (Phi) is 3.49. The number of para-hydroxylation sites is 1. The van der Waals surface area contributed by atoms with Crippen molar-refractivity contribution < 1.29 is 9.18 Å². The lowest BCUT2D eigenvalue weighted by molar-refractivity contribution is 0.102. The first-order valence-corrected chi connectivity index (χ1v) is 5.19. The van der Waals surface area contributed by atoms with Crippen LogP contribution in [0.25, 0.3) is 0 Å². The van der Waals surface area contributed by atoms with Crippen LogP contribution in [-0.4, -0.2) is 10.9 Å². The molecular formula is C12H11FN4O. The molecule has 1 aromatic heterocycles. The van der Waals surface area contributed by atoms with Gasteiger partial charge in [-0.15, -0.1) is 0 Å². The van der Waals surface area contributed by atoms with Crippen molar-refractivity contribution in [2.24, 2.45) is 5.84 Å². The number of hydrogen-bond acceptors (Lipinski definition) is 4. The lowest BCUT2D eigenvalue weighted by Gasteiger charge is -2.08. The average Bonchev–Trinajstić information content (AvgIpc) is 2.41. The lowest BCUT2D eigenvalue weighted by Crippen LogP contribution is -2.17. The Morgan fingerprint density at radius 2 is 2.00 bits per heavy atom. The molecule has 2 aromatic rings. The van der Waals surface area contributed by atoms with E-state index in [0.29, 0.717) is 11.3 Å². The van der Waals surface area contributed by atoms with Crippen LogP contribution in [0.4, 0.5) is 15.9 Å². The van der Waals surface area contributed by atoms with Gasteiger partial charge in [0.2, 0.25) is 0 Å². The van der Waals surface area contributed by atoms with Crippen molar-refractivity contribution in [3.05, 3.63) is 54.0 Å². The van der Waals surface area contributed by atoms with Crippen LogP contribution in [0.2, 0.25) is 0 Å². The highest BCUT2D eigenvalue weighted by Gasteiger charge is 2.10. The van der Waals surface area contributed by atoms with E-state index in [1.54, 1.807) is 24.3 Å². The topological polar surface area (TPSA) is 80.0 Å². The third-order valence-electron chi connectivity index (χ3n) is 2.30. The highest BCUT2D eigenvalue weighted by molar-refractivity contribution is 6.07. The second-order valence-electron chi connectivity index (χ2n) is 3.51. The fourth-order valence-corrected chi connectivity index (χ4v) is 1.44. The van der Waals surface area contributed by atoms with Gasteiger partial charge in [-0.25, -0.2) is 9.37 Å². The van der Waals surface area contributed by atoms with Crippen LogP contribution in [0.1, 0.15) is 10.4 Å².